The van der Waals surface area contributed by atoms with Crippen LogP contribution in [0.25, 0.3) is 10.9 Å². The first kappa shape index (κ1) is 8.74. The molecule has 2 aromatic heterocycles. The first-order valence-corrected chi connectivity index (χ1v) is 4.22. The maximum atomic E-state index is 11.3. The lowest BCUT2D eigenvalue weighted by atomic mass is 10.3. The Morgan fingerprint density at radius 3 is 3.00 bits per heavy atom. The molecule has 0 bridgehead atoms. The quantitative estimate of drug-likeness (QED) is 0.638. The smallest absolute Gasteiger partial charge is 0.354 e. The van der Waals surface area contributed by atoms with E-state index in [-0.39, 0.29) is 5.97 Å². The Kier molecular flexibility index (Phi) is 1.96. The summed E-state index contributed by atoms with van der Waals surface area (Å²) >= 11 is 0. The van der Waals surface area contributed by atoms with E-state index in [1.807, 2.05) is 13.1 Å². The topological polar surface area (TPSA) is 44.1 Å². The second kappa shape index (κ2) is 3.14. The van der Waals surface area contributed by atoms with Crippen molar-refractivity contribution < 1.29 is 9.53 Å². The number of ether oxygens (including phenoxy) is 1. The third-order valence-corrected chi connectivity index (χ3v) is 2.24. The molecule has 0 aromatic carbocycles. The van der Waals surface area contributed by atoms with Gasteiger partial charge in [-0.1, -0.05) is 0 Å². The second-order valence-electron chi connectivity index (χ2n) is 3.01. The normalized spacial score (nSPS) is 10.4. The zero-order valence-corrected chi connectivity index (χ0v) is 8.02. The predicted molar refractivity (Wildman–Crippen MR) is 52.1 cm³/mol. The average Bonchev–Trinajstić information content (AvgIpc) is 2.56. The van der Waals surface area contributed by atoms with Gasteiger partial charge in [0.15, 0.2) is 0 Å². The molecule has 0 N–H and O–H groups in total. The van der Waals surface area contributed by atoms with Crippen LogP contribution in [0.4, 0.5) is 0 Å². The van der Waals surface area contributed by atoms with Gasteiger partial charge in [-0.3, -0.25) is 4.98 Å². The number of hydrogen-bond donors (Lipinski definition) is 0. The molecule has 0 fully saturated rings. The molecular formula is C10H10N2O2. The number of carbonyl (C=O) groups excluding carboxylic acids is 1. The Bertz CT molecular complexity index is 488. The van der Waals surface area contributed by atoms with E-state index in [2.05, 4.69) is 9.72 Å². The van der Waals surface area contributed by atoms with Crippen molar-refractivity contribution in [2.24, 2.45) is 7.05 Å². The molecule has 0 aliphatic rings. The Balaban J connectivity index is 2.68. The molecule has 0 unspecified atom stereocenters. The molecule has 4 nitrogen and oxygen atoms in total. The highest BCUT2D eigenvalue weighted by atomic mass is 16.5. The minimum absolute atomic E-state index is 0.330. The van der Waals surface area contributed by atoms with Gasteiger partial charge in [-0.25, -0.2) is 4.79 Å². The van der Waals surface area contributed by atoms with Crippen molar-refractivity contribution in [3.63, 3.8) is 0 Å². The first-order chi connectivity index (χ1) is 6.74. The molecule has 2 heterocycles. The summed E-state index contributed by atoms with van der Waals surface area (Å²) in [5.74, 6) is -0.330. The lowest BCUT2D eigenvalue weighted by Gasteiger charge is -2.00. The molecule has 0 spiro atoms. The molecule has 0 saturated carbocycles. The maximum absolute atomic E-state index is 11.3. The van der Waals surface area contributed by atoms with Crippen molar-refractivity contribution in [2.45, 2.75) is 0 Å². The zero-order valence-electron chi connectivity index (χ0n) is 8.02. The van der Waals surface area contributed by atoms with Crippen molar-refractivity contribution in [3.8, 4) is 0 Å². The van der Waals surface area contributed by atoms with Gasteiger partial charge in [0.1, 0.15) is 5.69 Å². The molecule has 0 saturated heterocycles. The van der Waals surface area contributed by atoms with E-state index in [0.29, 0.717) is 5.69 Å². The molecular weight excluding hydrogens is 180 g/mol. The van der Waals surface area contributed by atoms with Gasteiger partial charge >= 0.3 is 5.97 Å². The SMILES string of the molecule is COC(=O)c1cc2cnccc2n1C. The van der Waals surface area contributed by atoms with Crippen LogP contribution in [0.15, 0.2) is 24.5 Å². The Hall–Kier alpha value is -1.84. The number of hydrogen-bond acceptors (Lipinski definition) is 3. The number of pyridine rings is 1. The number of fused-ring (bicyclic) bond motifs is 1. The van der Waals surface area contributed by atoms with Gasteiger partial charge < -0.3 is 9.30 Å². The van der Waals surface area contributed by atoms with Gasteiger partial charge in [0.2, 0.25) is 0 Å². The summed E-state index contributed by atoms with van der Waals surface area (Å²) in [6, 6.07) is 3.63. The van der Waals surface area contributed by atoms with E-state index < -0.39 is 0 Å². The molecule has 2 rings (SSSR count). The number of aryl methyl sites for hydroxylation is 1. The van der Waals surface area contributed by atoms with Crippen molar-refractivity contribution in [2.75, 3.05) is 7.11 Å². The largest absolute Gasteiger partial charge is 0.464 e. The van der Waals surface area contributed by atoms with Crippen molar-refractivity contribution in [3.05, 3.63) is 30.2 Å². The maximum Gasteiger partial charge on any atom is 0.354 e. The highest BCUT2D eigenvalue weighted by Crippen LogP contribution is 2.17. The number of nitrogens with zero attached hydrogens (tertiary/aromatic N) is 2. The number of methoxy groups -OCH3 is 1. The summed E-state index contributed by atoms with van der Waals surface area (Å²) in [4.78, 5) is 15.3. The van der Waals surface area contributed by atoms with Crippen molar-refractivity contribution in [1.82, 2.24) is 9.55 Å². The van der Waals surface area contributed by atoms with E-state index in [9.17, 15) is 4.79 Å². The fourth-order valence-corrected chi connectivity index (χ4v) is 1.49. The minimum Gasteiger partial charge on any atom is -0.464 e. The highest BCUT2D eigenvalue weighted by molar-refractivity contribution is 5.95. The van der Waals surface area contributed by atoms with E-state index in [1.165, 1.54) is 7.11 Å². The second-order valence-corrected chi connectivity index (χ2v) is 3.01. The molecule has 0 aliphatic heterocycles. The van der Waals surface area contributed by atoms with Crippen LogP contribution in [0.2, 0.25) is 0 Å². The number of esters is 1. The van der Waals surface area contributed by atoms with Crippen LogP contribution in [-0.2, 0) is 11.8 Å². The molecule has 0 atom stereocenters. The van der Waals surface area contributed by atoms with Gasteiger partial charge in [-0.2, -0.15) is 0 Å². The van der Waals surface area contributed by atoms with Crippen LogP contribution in [0.5, 0.6) is 0 Å². The van der Waals surface area contributed by atoms with E-state index >= 15 is 0 Å². The van der Waals surface area contributed by atoms with Crippen LogP contribution in [0, 0.1) is 0 Å². The van der Waals surface area contributed by atoms with Crippen LogP contribution in [-0.4, -0.2) is 22.6 Å². The summed E-state index contributed by atoms with van der Waals surface area (Å²) in [7, 11) is 3.20. The number of rotatable bonds is 1. The monoisotopic (exact) mass is 190 g/mol. The van der Waals surface area contributed by atoms with Crippen molar-refractivity contribution in [1.29, 1.82) is 0 Å². The van der Waals surface area contributed by atoms with Gasteiger partial charge in [0.05, 0.1) is 12.6 Å². The summed E-state index contributed by atoms with van der Waals surface area (Å²) < 4.78 is 6.46. The summed E-state index contributed by atoms with van der Waals surface area (Å²) in [5.41, 5.74) is 1.51. The van der Waals surface area contributed by atoms with Gasteiger partial charge in [-0.05, 0) is 12.1 Å². The molecule has 14 heavy (non-hydrogen) atoms. The third kappa shape index (κ3) is 1.16. The fourth-order valence-electron chi connectivity index (χ4n) is 1.49. The van der Waals surface area contributed by atoms with Crippen LogP contribution < -0.4 is 0 Å². The third-order valence-electron chi connectivity index (χ3n) is 2.24. The zero-order chi connectivity index (χ0) is 10.1. The van der Waals surface area contributed by atoms with Crippen LogP contribution in [0.3, 0.4) is 0 Å². The number of carbonyl (C=O) groups is 1. The Labute approximate surface area is 81.1 Å². The highest BCUT2D eigenvalue weighted by Gasteiger charge is 2.12. The lowest BCUT2D eigenvalue weighted by molar-refractivity contribution is 0.0590. The van der Waals surface area contributed by atoms with Gasteiger partial charge in [0.25, 0.3) is 0 Å². The first-order valence-electron chi connectivity index (χ1n) is 4.22. The van der Waals surface area contributed by atoms with E-state index in [1.54, 1.807) is 23.0 Å². The Morgan fingerprint density at radius 1 is 1.57 bits per heavy atom. The van der Waals surface area contributed by atoms with Crippen LogP contribution in [0.1, 0.15) is 10.5 Å². The predicted octanol–water partition coefficient (Wildman–Crippen LogP) is 1.36. The van der Waals surface area contributed by atoms with Crippen molar-refractivity contribution >= 4 is 16.9 Å². The van der Waals surface area contributed by atoms with E-state index in [0.717, 1.165) is 10.9 Å². The standard InChI is InChI=1S/C10H10N2O2/c1-12-8-3-4-11-6-7(8)5-9(12)10(13)14-2/h3-6H,1-2H3. The molecule has 72 valence electrons. The molecule has 2 aromatic rings. The number of aromatic nitrogens is 2. The lowest BCUT2D eigenvalue weighted by Crippen LogP contribution is -2.06. The Morgan fingerprint density at radius 2 is 2.36 bits per heavy atom. The van der Waals surface area contributed by atoms with Gasteiger partial charge in [-0.15, -0.1) is 0 Å². The van der Waals surface area contributed by atoms with E-state index in [4.69, 9.17) is 0 Å². The molecule has 4 heteroatoms. The molecule has 0 amide bonds. The molecule has 0 aliphatic carbocycles. The summed E-state index contributed by atoms with van der Waals surface area (Å²) in [6.45, 7) is 0. The fraction of sp³-hybridized carbons (Fsp3) is 0.200. The average molecular weight is 190 g/mol. The molecule has 0 radical (unpaired) electrons. The summed E-state index contributed by atoms with van der Waals surface area (Å²) in [6.07, 6.45) is 3.42. The van der Waals surface area contributed by atoms with Gasteiger partial charge in [0, 0.05) is 24.8 Å². The summed E-state index contributed by atoms with van der Waals surface area (Å²) in [5, 5.41) is 0.940. The minimum atomic E-state index is -0.330. The van der Waals surface area contributed by atoms with Crippen LogP contribution >= 0.6 is 0 Å².